The summed E-state index contributed by atoms with van der Waals surface area (Å²) in [4.78, 5) is 28.9. The summed E-state index contributed by atoms with van der Waals surface area (Å²) >= 11 is 5.68. The highest BCUT2D eigenvalue weighted by Gasteiger charge is 2.07. The largest absolute Gasteiger partial charge is 0.328 e. The summed E-state index contributed by atoms with van der Waals surface area (Å²) in [7, 11) is 0. The molecule has 0 bridgehead atoms. The van der Waals surface area contributed by atoms with E-state index in [4.69, 9.17) is 11.6 Å². The normalized spacial score (nSPS) is 10.8. The van der Waals surface area contributed by atoms with Crippen LogP contribution in [0.25, 0.3) is 0 Å². The van der Waals surface area contributed by atoms with E-state index in [9.17, 15) is 9.59 Å². The fraction of sp³-hybridized carbons (Fsp3) is 0.400. The van der Waals surface area contributed by atoms with E-state index in [-0.39, 0.29) is 11.6 Å². The zero-order valence-corrected chi connectivity index (χ0v) is 10.5. The maximum Gasteiger partial charge on any atom is 0.328 e. The number of rotatable bonds is 4. The van der Waals surface area contributed by atoms with E-state index in [1.165, 1.54) is 17.1 Å². The van der Waals surface area contributed by atoms with E-state index >= 15 is 0 Å². The minimum Gasteiger partial charge on any atom is -0.291 e. The Bertz CT molecular complexity index is 657. The van der Waals surface area contributed by atoms with Crippen molar-refractivity contribution in [1.82, 2.24) is 24.3 Å². The number of hydrogen-bond donors (Lipinski definition) is 1. The summed E-state index contributed by atoms with van der Waals surface area (Å²) in [5.41, 5.74) is -1.11. The minimum atomic E-state index is -0.590. The number of nitrogens with zero attached hydrogens (tertiary/aromatic N) is 4. The molecule has 0 atom stereocenters. The van der Waals surface area contributed by atoms with Crippen molar-refractivity contribution < 1.29 is 0 Å². The van der Waals surface area contributed by atoms with Crippen molar-refractivity contribution in [2.24, 2.45) is 0 Å². The summed E-state index contributed by atoms with van der Waals surface area (Å²) < 4.78 is 3.01. The molecule has 0 amide bonds. The van der Waals surface area contributed by atoms with Crippen molar-refractivity contribution in [1.29, 1.82) is 0 Å². The Morgan fingerprint density at radius 1 is 1.44 bits per heavy atom. The van der Waals surface area contributed by atoms with Gasteiger partial charge in [0.25, 0.3) is 5.56 Å². The molecule has 0 unspecified atom stereocenters. The van der Waals surface area contributed by atoms with E-state index < -0.39 is 11.2 Å². The highest BCUT2D eigenvalue weighted by molar-refractivity contribution is 6.30. The molecule has 2 heterocycles. The van der Waals surface area contributed by atoms with E-state index in [2.05, 4.69) is 15.1 Å². The lowest BCUT2D eigenvalue weighted by atomic mass is 10.4. The van der Waals surface area contributed by atoms with Crippen LogP contribution in [-0.4, -0.2) is 24.3 Å². The van der Waals surface area contributed by atoms with Gasteiger partial charge in [-0.3, -0.25) is 14.3 Å². The van der Waals surface area contributed by atoms with E-state index in [1.54, 1.807) is 4.68 Å². The van der Waals surface area contributed by atoms with Gasteiger partial charge in [-0.15, -0.1) is 0 Å². The maximum atomic E-state index is 11.6. The van der Waals surface area contributed by atoms with Crippen molar-refractivity contribution >= 4 is 11.6 Å². The molecule has 0 saturated carbocycles. The van der Waals surface area contributed by atoms with Gasteiger partial charge in [-0.25, -0.2) is 14.5 Å². The SMILES string of the molecule is CCCn1ncnc1Cn1cc(Cl)c(=O)[nH]c1=O. The molecular weight excluding hydrogens is 258 g/mol. The van der Waals surface area contributed by atoms with Gasteiger partial charge >= 0.3 is 5.69 Å². The maximum absolute atomic E-state index is 11.6. The van der Waals surface area contributed by atoms with E-state index in [1.807, 2.05) is 6.92 Å². The molecule has 0 fully saturated rings. The van der Waals surface area contributed by atoms with Gasteiger partial charge in [0, 0.05) is 12.7 Å². The van der Waals surface area contributed by atoms with Crippen molar-refractivity contribution in [3.8, 4) is 0 Å². The third-order valence-electron chi connectivity index (χ3n) is 2.41. The van der Waals surface area contributed by atoms with E-state index in [0.29, 0.717) is 5.82 Å². The molecular formula is C10H12ClN5O2. The number of halogens is 1. The van der Waals surface area contributed by atoms with Gasteiger partial charge in [0.2, 0.25) is 0 Å². The molecule has 0 aliphatic carbocycles. The number of nitrogens with one attached hydrogen (secondary N) is 1. The molecule has 96 valence electrons. The molecule has 2 aromatic rings. The molecule has 1 N–H and O–H groups in total. The van der Waals surface area contributed by atoms with Gasteiger partial charge in [0.15, 0.2) is 0 Å². The minimum absolute atomic E-state index is 0.0313. The van der Waals surface area contributed by atoms with Crippen LogP contribution in [0, 0.1) is 0 Å². The molecule has 0 aliphatic heterocycles. The molecule has 0 aliphatic rings. The van der Waals surface area contributed by atoms with Crippen molar-refractivity contribution in [3.05, 3.63) is 44.2 Å². The first-order valence-electron chi connectivity index (χ1n) is 5.47. The highest BCUT2D eigenvalue weighted by Crippen LogP contribution is 2.01. The van der Waals surface area contributed by atoms with Gasteiger partial charge in [-0.05, 0) is 6.42 Å². The first-order chi connectivity index (χ1) is 8.61. The lowest BCUT2D eigenvalue weighted by molar-refractivity contribution is 0.547. The third kappa shape index (κ3) is 2.51. The molecule has 8 heteroatoms. The Hall–Kier alpha value is -1.89. The van der Waals surface area contributed by atoms with Gasteiger partial charge < -0.3 is 0 Å². The van der Waals surface area contributed by atoms with Crippen molar-refractivity contribution in [2.45, 2.75) is 26.4 Å². The van der Waals surface area contributed by atoms with Gasteiger partial charge in [-0.2, -0.15) is 5.10 Å². The van der Waals surface area contributed by atoms with Crippen LogP contribution >= 0.6 is 11.6 Å². The Kier molecular flexibility index (Phi) is 3.61. The smallest absolute Gasteiger partial charge is 0.291 e. The average molecular weight is 270 g/mol. The molecule has 7 nitrogen and oxygen atoms in total. The summed E-state index contributed by atoms with van der Waals surface area (Å²) in [6.45, 7) is 2.96. The Morgan fingerprint density at radius 2 is 2.22 bits per heavy atom. The number of aryl methyl sites for hydroxylation is 1. The number of hydrogen-bond acceptors (Lipinski definition) is 4. The van der Waals surface area contributed by atoms with Crippen LogP contribution in [0.1, 0.15) is 19.2 Å². The Balaban J connectivity index is 2.34. The second kappa shape index (κ2) is 5.18. The van der Waals surface area contributed by atoms with Crippen LogP contribution in [0.5, 0.6) is 0 Å². The van der Waals surface area contributed by atoms with Crippen LogP contribution in [0.15, 0.2) is 22.1 Å². The quantitative estimate of drug-likeness (QED) is 0.861. The predicted octanol–water partition coefficient (Wildman–Crippen LogP) is 0.240. The summed E-state index contributed by atoms with van der Waals surface area (Å²) in [6.07, 6.45) is 3.65. The Labute approximate surface area is 107 Å². The monoisotopic (exact) mass is 269 g/mol. The molecule has 0 spiro atoms. The first-order valence-corrected chi connectivity index (χ1v) is 5.85. The standard InChI is InChI=1S/C10H12ClN5O2/c1-2-3-16-8(12-6-13-16)5-15-4-7(11)9(17)14-10(15)18/h4,6H,2-3,5H2,1H3,(H,14,17,18). The lowest BCUT2D eigenvalue weighted by Crippen LogP contribution is -2.30. The summed E-state index contributed by atoms with van der Waals surface area (Å²) in [5.74, 6) is 0.641. The van der Waals surface area contributed by atoms with Crippen LogP contribution < -0.4 is 11.2 Å². The first kappa shape index (κ1) is 12.6. The molecule has 2 aromatic heterocycles. The second-order valence-electron chi connectivity index (χ2n) is 3.76. The molecule has 2 rings (SSSR count). The average Bonchev–Trinajstić information content (AvgIpc) is 2.74. The fourth-order valence-electron chi connectivity index (χ4n) is 1.56. The molecule has 0 saturated heterocycles. The second-order valence-corrected chi connectivity index (χ2v) is 4.17. The fourth-order valence-corrected chi connectivity index (χ4v) is 1.73. The van der Waals surface area contributed by atoms with Gasteiger partial charge in [0.1, 0.15) is 17.2 Å². The van der Waals surface area contributed by atoms with Crippen LogP contribution in [0.3, 0.4) is 0 Å². The highest BCUT2D eigenvalue weighted by atomic mass is 35.5. The number of aromatic amines is 1. The topological polar surface area (TPSA) is 85.6 Å². The van der Waals surface area contributed by atoms with Crippen molar-refractivity contribution in [3.63, 3.8) is 0 Å². The Morgan fingerprint density at radius 3 is 2.94 bits per heavy atom. The lowest BCUT2D eigenvalue weighted by Gasteiger charge is -2.06. The predicted molar refractivity (Wildman–Crippen MR) is 65.7 cm³/mol. The zero-order chi connectivity index (χ0) is 13.1. The van der Waals surface area contributed by atoms with Crippen molar-refractivity contribution in [2.75, 3.05) is 0 Å². The molecule has 0 radical (unpaired) electrons. The summed E-state index contributed by atoms with van der Waals surface area (Å²) in [5, 5.41) is 4.03. The van der Waals surface area contributed by atoms with Gasteiger partial charge in [0.05, 0.1) is 6.54 Å². The number of aromatic nitrogens is 5. The third-order valence-corrected chi connectivity index (χ3v) is 2.68. The summed E-state index contributed by atoms with van der Waals surface area (Å²) in [6, 6.07) is 0. The molecule has 18 heavy (non-hydrogen) atoms. The van der Waals surface area contributed by atoms with Gasteiger partial charge in [-0.1, -0.05) is 18.5 Å². The van der Waals surface area contributed by atoms with Crippen LogP contribution in [0.4, 0.5) is 0 Å². The van der Waals surface area contributed by atoms with Crippen LogP contribution in [-0.2, 0) is 13.1 Å². The van der Waals surface area contributed by atoms with E-state index in [0.717, 1.165) is 13.0 Å². The molecule has 0 aromatic carbocycles. The van der Waals surface area contributed by atoms with Crippen LogP contribution in [0.2, 0.25) is 5.02 Å². The zero-order valence-electron chi connectivity index (χ0n) is 9.76. The number of H-pyrrole nitrogens is 1.